The zero-order valence-corrected chi connectivity index (χ0v) is 32.9. The van der Waals surface area contributed by atoms with Gasteiger partial charge in [-0.3, -0.25) is 19.7 Å². The van der Waals surface area contributed by atoms with Crippen molar-refractivity contribution >= 4 is 39.3 Å². The average molecular weight is 771 g/mol. The molecular formula is C36H50N8O9S. The van der Waals surface area contributed by atoms with E-state index in [1.54, 1.807) is 48.6 Å². The Morgan fingerprint density at radius 3 is 2.35 bits per heavy atom. The lowest BCUT2D eigenvalue weighted by atomic mass is 10.0. The third kappa shape index (κ3) is 10.5. The van der Waals surface area contributed by atoms with Crippen LogP contribution in [-0.2, 0) is 24.3 Å². The van der Waals surface area contributed by atoms with Crippen LogP contribution in [0.15, 0.2) is 51.9 Å². The van der Waals surface area contributed by atoms with E-state index in [0.717, 1.165) is 15.9 Å². The molecule has 294 valence electrons. The highest BCUT2D eigenvalue weighted by Crippen LogP contribution is 2.29. The number of aryl methyl sites for hydroxylation is 2. The first-order chi connectivity index (χ1) is 25.3. The number of ether oxygens (including phenoxy) is 1. The van der Waals surface area contributed by atoms with Crippen LogP contribution in [0.5, 0.6) is 0 Å². The number of anilines is 1. The molecule has 0 radical (unpaired) electrons. The molecule has 0 aliphatic carbocycles. The van der Waals surface area contributed by atoms with E-state index in [0.29, 0.717) is 48.9 Å². The van der Waals surface area contributed by atoms with Crippen molar-refractivity contribution in [2.75, 3.05) is 51.2 Å². The van der Waals surface area contributed by atoms with Gasteiger partial charge in [0, 0.05) is 69.6 Å². The first-order valence-corrected chi connectivity index (χ1v) is 19.1. The molecule has 2 aromatic carbocycles. The molecule has 3 aromatic rings. The van der Waals surface area contributed by atoms with Gasteiger partial charge in [-0.25, -0.2) is 13.2 Å². The second-order valence-corrected chi connectivity index (χ2v) is 16.3. The van der Waals surface area contributed by atoms with E-state index in [1.165, 1.54) is 18.2 Å². The molecule has 0 atom stereocenters. The number of nitro groups is 1. The summed E-state index contributed by atoms with van der Waals surface area (Å²) in [5.41, 5.74) is 0.801. The van der Waals surface area contributed by atoms with E-state index >= 15 is 0 Å². The normalized spacial score (nSPS) is 13.9. The van der Waals surface area contributed by atoms with Gasteiger partial charge in [-0.05, 0) is 72.1 Å². The van der Waals surface area contributed by atoms with E-state index < -0.39 is 49.2 Å². The molecule has 1 aliphatic heterocycles. The average Bonchev–Trinajstić information content (AvgIpc) is 3.54. The molecule has 0 unspecified atom stereocenters. The van der Waals surface area contributed by atoms with Crippen molar-refractivity contribution in [1.29, 1.82) is 0 Å². The molecule has 0 saturated carbocycles. The van der Waals surface area contributed by atoms with Gasteiger partial charge in [0.2, 0.25) is 33.6 Å². The smallest absolute Gasteiger partial charge is 0.410 e. The Labute approximate surface area is 315 Å². The van der Waals surface area contributed by atoms with E-state index in [1.807, 2.05) is 39.8 Å². The summed E-state index contributed by atoms with van der Waals surface area (Å²) in [7, 11) is -2.59. The number of likely N-dealkylation sites (tertiary alicyclic amines) is 1. The Morgan fingerprint density at radius 2 is 1.76 bits per heavy atom. The molecule has 1 aromatic heterocycles. The Bertz CT molecular complexity index is 1940. The van der Waals surface area contributed by atoms with E-state index in [9.17, 15) is 32.9 Å². The zero-order valence-electron chi connectivity index (χ0n) is 32.1. The Hall–Kier alpha value is -5.10. The number of sulfonamides is 1. The third-order valence-electron chi connectivity index (χ3n) is 8.93. The van der Waals surface area contributed by atoms with Crippen molar-refractivity contribution in [3.8, 4) is 11.4 Å². The summed E-state index contributed by atoms with van der Waals surface area (Å²) in [5, 5.41) is 18.4. The highest BCUT2D eigenvalue weighted by Gasteiger charge is 2.34. The number of nitro benzene ring substituents is 1. The van der Waals surface area contributed by atoms with Gasteiger partial charge >= 0.3 is 6.09 Å². The molecule has 0 spiro atoms. The number of hydrogen-bond acceptors (Lipinski definition) is 12. The maximum Gasteiger partial charge on any atom is 0.410 e. The van der Waals surface area contributed by atoms with Gasteiger partial charge in [-0.2, -0.15) is 9.29 Å². The van der Waals surface area contributed by atoms with Gasteiger partial charge in [0.25, 0.3) is 5.69 Å². The van der Waals surface area contributed by atoms with Gasteiger partial charge in [0.05, 0.1) is 18.0 Å². The minimum absolute atomic E-state index is 0.101. The predicted molar refractivity (Wildman–Crippen MR) is 200 cm³/mol. The van der Waals surface area contributed by atoms with Gasteiger partial charge in [-0.15, -0.1) is 0 Å². The molecule has 54 heavy (non-hydrogen) atoms. The van der Waals surface area contributed by atoms with Gasteiger partial charge in [-0.1, -0.05) is 29.4 Å². The number of nitrogens with zero attached hydrogens (tertiary/aromatic N) is 7. The van der Waals surface area contributed by atoms with Crippen LogP contribution >= 0.6 is 0 Å². The lowest BCUT2D eigenvalue weighted by Crippen LogP contribution is -2.51. The molecule has 3 amide bonds. The lowest BCUT2D eigenvalue weighted by Gasteiger charge is -2.38. The van der Waals surface area contributed by atoms with Crippen molar-refractivity contribution < 1.29 is 37.0 Å². The summed E-state index contributed by atoms with van der Waals surface area (Å²) in [6.45, 7) is 12.4. The number of carbonyl (C=O) groups is 3. The second-order valence-electron chi connectivity index (χ2n) is 14.5. The number of rotatable bonds is 14. The van der Waals surface area contributed by atoms with Gasteiger partial charge in [0.15, 0.2) is 4.90 Å². The number of aromatic nitrogens is 2. The number of carbonyl (C=O) groups excluding carboxylic acids is 3. The number of amides is 3. The molecular weight excluding hydrogens is 721 g/mol. The topological polar surface area (TPSA) is 202 Å². The van der Waals surface area contributed by atoms with Crippen LogP contribution < -0.4 is 10.2 Å². The van der Waals surface area contributed by atoms with E-state index in [4.69, 9.17) is 9.26 Å². The number of para-hydroxylation sites is 1. The molecule has 18 heteroatoms. The van der Waals surface area contributed by atoms with Crippen LogP contribution in [0.2, 0.25) is 0 Å². The fourth-order valence-corrected chi connectivity index (χ4v) is 7.91. The first-order valence-electron chi connectivity index (χ1n) is 17.7. The predicted octanol–water partition coefficient (Wildman–Crippen LogP) is 4.14. The highest BCUT2D eigenvalue weighted by molar-refractivity contribution is 7.89. The summed E-state index contributed by atoms with van der Waals surface area (Å²) in [6, 6.07) is 9.81. The van der Waals surface area contributed by atoms with Crippen molar-refractivity contribution in [2.24, 2.45) is 0 Å². The lowest BCUT2D eigenvalue weighted by molar-refractivity contribution is -0.387. The fourth-order valence-electron chi connectivity index (χ4n) is 6.12. The summed E-state index contributed by atoms with van der Waals surface area (Å²) in [5.74, 6) is -0.0208. The molecule has 1 fully saturated rings. The van der Waals surface area contributed by atoms with Crippen LogP contribution in [0.4, 0.5) is 16.2 Å². The number of piperidine rings is 1. The van der Waals surface area contributed by atoms with Crippen LogP contribution in [0.1, 0.15) is 58.9 Å². The highest BCUT2D eigenvalue weighted by atomic mass is 32.2. The summed E-state index contributed by atoms with van der Waals surface area (Å²) >= 11 is 0. The molecule has 2 heterocycles. The van der Waals surface area contributed by atoms with Crippen LogP contribution in [0.3, 0.4) is 0 Å². The second kappa shape index (κ2) is 17.4. The number of hydrogen-bond donors (Lipinski definition) is 1. The summed E-state index contributed by atoms with van der Waals surface area (Å²) < 4.78 is 38.9. The standard InChI is InChI=1S/C36H50N8O9S/c1-24(2)43(54(50,51)31-12-10-9-11-29(31)44(48)49)20-17-37-32(45)22-42(30-21-27(14-13-25(30)3)34-38-26(4)53-39-34)23-33(46)40(8)28-15-18-41(19-16-28)35(47)52-36(5,6)7/h9-14,21,24,28H,15-20,22-23H2,1-8H3,(H,37,45). The first kappa shape index (κ1) is 41.7. The van der Waals surface area contributed by atoms with Crippen molar-refractivity contribution in [3.63, 3.8) is 0 Å². The number of likely N-dealkylation sites (N-methyl/N-ethyl adjacent to an activating group) is 1. The zero-order chi connectivity index (χ0) is 40.0. The Kier molecular flexibility index (Phi) is 13.4. The molecule has 1 saturated heterocycles. The molecule has 4 rings (SSSR count). The third-order valence-corrected chi connectivity index (χ3v) is 11.1. The van der Waals surface area contributed by atoms with Crippen molar-refractivity contribution in [2.45, 2.75) is 83.9 Å². The molecule has 1 N–H and O–H groups in total. The van der Waals surface area contributed by atoms with Crippen molar-refractivity contribution in [3.05, 3.63) is 64.0 Å². The summed E-state index contributed by atoms with van der Waals surface area (Å²) in [6.07, 6.45) is 0.708. The summed E-state index contributed by atoms with van der Waals surface area (Å²) in [4.78, 5) is 59.6. The fraction of sp³-hybridized carbons (Fsp3) is 0.528. The Balaban J connectivity index is 1.50. The van der Waals surface area contributed by atoms with Crippen molar-refractivity contribution in [1.82, 2.24) is 29.6 Å². The molecule has 1 aliphatic rings. The van der Waals surface area contributed by atoms with Crippen LogP contribution in [0.25, 0.3) is 11.4 Å². The Morgan fingerprint density at radius 1 is 1.09 bits per heavy atom. The van der Waals surface area contributed by atoms with Crippen LogP contribution in [0, 0.1) is 24.0 Å². The number of benzene rings is 2. The SMILES string of the molecule is Cc1nc(-c2ccc(C)c(N(CC(=O)NCCN(C(C)C)S(=O)(=O)c3ccccc3[N+](=O)[O-])CC(=O)N(C)C3CCN(C(=O)OC(C)(C)C)CC3)c2)no1. The maximum absolute atomic E-state index is 13.9. The van der Waals surface area contributed by atoms with Gasteiger partial charge < -0.3 is 29.3 Å². The van der Waals surface area contributed by atoms with E-state index in [-0.39, 0.29) is 38.1 Å². The molecule has 17 nitrogen and oxygen atoms in total. The van der Waals surface area contributed by atoms with E-state index in [2.05, 4.69) is 15.5 Å². The minimum Gasteiger partial charge on any atom is -0.444 e. The number of nitrogens with one attached hydrogen (secondary N) is 1. The largest absolute Gasteiger partial charge is 0.444 e. The monoisotopic (exact) mass is 770 g/mol. The maximum atomic E-state index is 13.9. The molecule has 0 bridgehead atoms. The van der Waals surface area contributed by atoms with Gasteiger partial charge in [0.1, 0.15) is 5.60 Å². The minimum atomic E-state index is -4.30. The van der Waals surface area contributed by atoms with Crippen LogP contribution in [-0.4, -0.2) is 119 Å². The quantitative estimate of drug-likeness (QED) is 0.182.